The van der Waals surface area contributed by atoms with Crippen LogP contribution in [0.4, 0.5) is 10.1 Å². The first-order valence-electron chi connectivity index (χ1n) is 5.54. The number of nitrogens with zero attached hydrogens (tertiary/aromatic N) is 2. The quantitative estimate of drug-likeness (QED) is 0.865. The predicted octanol–water partition coefficient (Wildman–Crippen LogP) is 2.33. The van der Waals surface area contributed by atoms with Crippen molar-refractivity contribution in [2.24, 2.45) is 5.41 Å². The maximum absolute atomic E-state index is 13.6. The molecule has 0 saturated heterocycles. The van der Waals surface area contributed by atoms with Gasteiger partial charge in [-0.05, 0) is 37.5 Å². The molecule has 0 spiro atoms. The van der Waals surface area contributed by atoms with Gasteiger partial charge in [-0.15, -0.1) is 0 Å². The van der Waals surface area contributed by atoms with E-state index >= 15 is 0 Å². The van der Waals surface area contributed by atoms with Crippen LogP contribution in [0.15, 0.2) is 18.2 Å². The van der Waals surface area contributed by atoms with Gasteiger partial charge in [0.1, 0.15) is 11.2 Å². The van der Waals surface area contributed by atoms with Crippen LogP contribution in [-0.2, 0) is 4.79 Å². The summed E-state index contributed by atoms with van der Waals surface area (Å²) in [5.41, 5.74) is -0.829. The summed E-state index contributed by atoms with van der Waals surface area (Å²) in [5, 5.41) is 20.0. The maximum atomic E-state index is 13.6. The summed E-state index contributed by atoms with van der Waals surface area (Å²) in [5.74, 6) is -1.14. The number of amides is 1. The Hall–Kier alpha value is -2.40. The third-order valence-electron chi connectivity index (χ3n) is 3.20. The molecule has 4 nitrogen and oxygen atoms in total. The van der Waals surface area contributed by atoms with Crippen molar-refractivity contribution in [1.29, 1.82) is 10.5 Å². The third-order valence-corrected chi connectivity index (χ3v) is 3.20. The molecule has 1 aromatic rings. The number of hydrogen-bond donors (Lipinski definition) is 1. The number of carbonyl (C=O) groups is 1. The number of carbonyl (C=O) groups excluding carboxylic acids is 1. The molecule has 1 aliphatic rings. The summed E-state index contributed by atoms with van der Waals surface area (Å²) >= 11 is 0. The lowest BCUT2D eigenvalue weighted by molar-refractivity contribution is -0.126. The first-order chi connectivity index (χ1) is 8.61. The number of rotatable bonds is 2. The summed E-state index contributed by atoms with van der Waals surface area (Å²) in [6.45, 7) is 0. The van der Waals surface area contributed by atoms with Crippen LogP contribution in [0, 0.1) is 33.9 Å². The molecule has 0 atom stereocenters. The fraction of sp³-hybridized carbons (Fsp3) is 0.308. The molecule has 1 N–H and O–H groups in total. The van der Waals surface area contributed by atoms with Gasteiger partial charge in [0.2, 0.25) is 5.91 Å². The number of nitrogens with one attached hydrogen (secondary N) is 1. The fourth-order valence-corrected chi connectivity index (χ4v) is 1.85. The lowest BCUT2D eigenvalue weighted by Crippen LogP contribution is -2.40. The number of benzene rings is 1. The molecule has 1 saturated carbocycles. The highest BCUT2D eigenvalue weighted by molar-refractivity contribution is 5.98. The molecule has 90 valence electrons. The molecule has 5 heteroatoms. The van der Waals surface area contributed by atoms with Gasteiger partial charge in [-0.25, -0.2) is 4.39 Å². The van der Waals surface area contributed by atoms with Crippen LogP contribution in [-0.4, -0.2) is 5.91 Å². The molecule has 0 unspecified atom stereocenters. The van der Waals surface area contributed by atoms with E-state index in [1.54, 1.807) is 0 Å². The fourth-order valence-electron chi connectivity index (χ4n) is 1.85. The Morgan fingerprint density at radius 2 is 2.11 bits per heavy atom. The molecular weight excluding hydrogens is 233 g/mol. The van der Waals surface area contributed by atoms with Crippen LogP contribution in [0.5, 0.6) is 0 Å². The van der Waals surface area contributed by atoms with Gasteiger partial charge >= 0.3 is 0 Å². The molecule has 0 aromatic heterocycles. The lowest BCUT2D eigenvalue weighted by atomic mass is 9.69. The highest BCUT2D eigenvalue weighted by Gasteiger charge is 2.44. The van der Waals surface area contributed by atoms with Gasteiger partial charge in [-0.2, -0.15) is 10.5 Å². The topological polar surface area (TPSA) is 76.7 Å². The van der Waals surface area contributed by atoms with E-state index in [2.05, 4.69) is 5.32 Å². The third kappa shape index (κ3) is 1.91. The number of nitriles is 2. The number of halogens is 1. The van der Waals surface area contributed by atoms with Gasteiger partial charge < -0.3 is 5.32 Å². The second-order valence-corrected chi connectivity index (χ2v) is 4.31. The number of anilines is 1. The Morgan fingerprint density at radius 1 is 1.39 bits per heavy atom. The Morgan fingerprint density at radius 3 is 2.56 bits per heavy atom. The van der Waals surface area contributed by atoms with Crippen LogP contribution < -0.4 is 5.32 Å². The van der Waals surface area contributed by atoms with Gasteiger partial charge in [-0.3, -0.25) is 4.79 Å². The van der Waals surface area contributed by atoms with E-state index in [0.717, 1.165) is 12.5 Å². The average molecular weight is 243 g/mol. The minimum atomic E-state index is -1.01. The lowest BCUT2D eigenvalue weighted by Gasteiger charge is -2.33. The Labute approximate surface area is 104 Å². The second kappa shape index (κ2) is 4.46. The van der Waals surface area contributed by atoms with Crippen LogP contribution in [0.25, 0.3) is 0 Å². The molecule has 0 radical (unpaired) electrons. The molecule has 0 heterocycles. The van der Waals surface area contributed by atoms with E-state index < -0.39 is 17.1 Å². The van der Waals surface area contributed by atoms with Crippen LogP contribution in [0.3, 0.4) is 0 Å². The summed E-state index contributed by atoms with van der Waals surface area (Å²) < 4.78 is 13.6. The summed E-state index contributed by atoms with van der Waals surface area (Å²) in [7, 11) is 0. The van der Waals surface area contributed by atoms with Crippen molar-refractivity contribution in [3.63, 3.8) is 0 Å². The Kier molecular flexibility index (Phi) is 2.99. The van der Waals surface area contributed by atoms with Crippen molar-refractivity contribution >= 4 is 11.6 Å². The molecule has 18 heavy (non-hydrogen) atoms. The average Bonchev–Trinajstić information content (AvgIpc) is 2.31. The summed E-state index contributed by atoms with van der Waals surface area (Å²) in [4.78, 5) is 11.9. The smallest absolute Gasteiger partial charge is 0.244 e. The van der Waals surface area contributed by atoms with Crippen molar-refractivity contribution in [3.8, 4) is 12.1 Å². The molecule has 1 aliphatic carbocycles. The van der Waals surface area contributed by atoms with Crippen molar-refractivity contribution in [2.75, 3.05) is 5.32 Å². The molecule has 1 fully saturated rings. The zero-order valence-corrected chi connectivity index (χ0v) is 9.53. The Balaban J connectivity index is 2.18. The zero-order chi connectivity index (χ0) is 13.2. The van der Waals surface area contributed by atoms with Crippen LogP contribution in [0.1, 0.15) is 24.8 Å². The Bertz CT molecular complexity index is 579. The van der Waals surface area contributed by atoms with Crippen molar-refractivity contribution < 1.29 is 9.18 Å². The van der Waals surface area contributed by atoms with E-state index in [1.165, 1.54) is 12.1 Å². The molecule has 0 bridgehead atoms. The SMILES string of the molecule is N#Cc1ccc(NC(=O)C2(C#N)CCC2)c(F)c1. The van der Waals surface area contributed by atoms with Gasteiger partial charge in [0.15, 0.2) is 0 Å². The highest BCUT2D eigenvalue weighted by Crippen LogP contribution is 2.41. The first kappa shape index (κ1) is 12.1. The zero-order valence-electron chi connectivity index (χ0n) is 9.53. The van der Waals surface area contributed by atoms with E-state index in [-0.39, 0.29) is 11.3 Å². The van der Waals surface area contributed by atoms with Crippen molar-refractivity contribution in [3.05, 3.63) is 29.6 Å². The van der Waals surface area contributed by atoms with E-state index in [9.17, 15) is 9.18 Å². The minimum Gasteiger partial charge on any atom is -0.322 e. The predicted molar refractivity (Wildman–Crippen MR) is 61.6 cm³/mol. The van der Waals surface area contributed by atoms with Crippen molar-refractivity contribution in [1.82, 2.24) is 0 Å². The van der Waals surface area contributed by atoms with Gasteiger partial charge in [-0.1, -0.05) is 0 Å². The molecule has 0 aliphatic heterocycles. The van der Waals surface area contributed by atoms with Gasteiger partial charge in [0.25, 0.3) is 0 Å². The number of hydrogen-bond acceptors (Lipinski definition) is 3. The largest absolute Gasteiger partial charge is 0.322 e. The van der Waals surface area contributed by atoms with Crippen LogP contribution in [0.2, 0.25) is 0 Å². The van der Waals surface area contributed by atoms with Crippen LogP contribution >= 0.6 is 0 Å². The normalized spacial score (nSPS) is 15.9. The minimum absolute atomic E-state index is 0.000486. The van der Waals surface area contributed by atoms with Gasteiger partial charge in [0, 0.05) is 0 Å². The second-order valence-electron chi connectivity index (χ2n) is 4.31. The van der Waals surface area contributed by atoms with E-state index in [0.29, 0.717) is 12.8 Å². The standard InChI is InChI=1S/C13H10FN3O/c14-10-6-9(7-15)2-3-11(10)17-12(18)13(8-16)4-1-5-13/h2-3,6H,1,4-5H2,(H,17,18). The van der Waals surface area contributed by atoms with E-state index in [1.807, 2.05) is 12.1 Å². The maximum Gasteiger partial charge on any atom is 0.244 e. The van der Waals surface area contributed by atoms with Crippen molar-refractivity contribution in [2.45, 2.75) is 19.3 Å². The van der Waals surface area contributed by atoms with E-state index in [4.69, 9.17) is 10.5 Å². The van der Waals surface area contributed by atoms with Gasteiger partial charge in [0.05, 0.1) is 23.4 Å². The summed E-state index contributed by atoms with van der Waals surface area (Å²) in [6.07, 6.45) is 1.84. The molecule has 1 amide bonds. The highest BCUT2D eigenvalue weighted by atomic mass is 19.1. The molecular formula is C13H10FN3O. The summed E-state index contributed by atoms with van der Waals surface area (Å²) in [6, 6.07) is 7.59. The first-order valence-corrected chi connectivity index (χ1v) is 5.54. The molecule has 1 aromatic carbocycles. The molecule has 2 rings (SSSR count). The monoisotopic (exact) mass is 243 g/mol.